The molecule has 0 spiro atoms. The summed E-state index contributed by atoms with van der Waals surface area (Å²) in [5.41, 5.74) is 0.943. The van der Waals surface area contributed by atoms with E-state index < -0.39 is 15.6 Å². The Morgan fingerprint density at radius 1 is 1.14 bits per heavy atom. The van der Waals surface area contributed by atoms with E-state index >= 15 is 0 Å². The summed E-state index contributed by atoms with van der Waals surface area (Å²) < 4.78 is 25.1. The summed E-state index contributed by atoms with van der Waals surface area (Å²) >= 11 is 0. The van der Waals surface area contributed by atoms with Gasteiger partial charge >= 0.3 is 0 Å². The Labute approximate surface area is 129 Å². The van der Waals surface area contributed by atoms with Crippen LogP contribution < -0.4 is 5.32 Å². The topological polar surface area (TPSA) is 76.1 Å². The van der Waals surface area contributed by atoms with Gasteiger partial charge in [0.25, 0.3) is 0 Å². The summed E-state index contributed by atoms with van der Waals surface area (Å²) in [7, 11) is -3.87. The van der Waals surface area contributed by atoms with Gasteiger partial charge in [0.1, 0.15) is 10.7 Å². The van der Waals surface area contributed by atoms with Gasteiger partial charge in [0.2, 0.25) is 9.84 Å². The Kier molecular flexibility index (Phi) is 4.72. The first-order valence-electron chi connectivity index (χ1n) is 6.61. The average molecular weight is 316 g/mol. The van der Waals surface area contributed by atoms with Crippen molar-refractivity contribution in [1.82, 2.24) is 4.98 Å². The number of hydrogen-bond donors (Lipinski definition) is 1. The maximum absolute atomic E-state index is 12.6. The standard InChI is InChI=1S/C16H16N2O3S/c1-12-6-8-14(9-7-12)22(20,21)15(13(2)19)11-18-16-5-3-4-10-17-16/h3-11H,1-2H3,(H,17,18). The van der Waals surface area contributed by atoms with Crippen molar-refractivity contribution in [3.05, 3.63) is 65.3 Å². The number of rotatable bonds is 5. The molecule has 114 valence electrons. The van der Waals surface area contributed by atoms with Crippen LogP contribution in [0.2, 0.25) is 0 Å². The molecule has 1 aromatic heterocycles. The highest BCUT2D eigenvalue weighted by Gasteiger charge is 2.24. The molecule has 0 atom stereocenters. The maximum atomic E-state index is 12.6. The van der Waals surface area contributed by atoms with Crippen molar-refractivity contribution in [3.63, 3.8) is 0 Å². The molecule has 5 nitrogen and oxygen atoms in total. The molecule has 2 aromatic rings. The molecule has 1 N–H and O–H groups in total. The number of benzene rings is 1. The number of carbonyl (C=O) groups is 1. The van der Waals surface area contributed by atoms with E-state index in [4.69, 9.17) is 0 Å². The van der Waals surface area contributed by atoms with Crippen LogP contribution in [0.5, 0.6) is 0 Å². The van der Waals surface area contributed by atoms with Crippen LogP contribution in [-0.2, 0) is 14.6 Å². The number of sulfone groups is 1. The van der Waals surface area contributed by atoms with E-state index in [-0.39, 0.29) is 9.80 Å². The van der Waals surface area contributed by atoms with E-state index in [0.29, 0.717) is 5.82 Å². The number of ketones is 1. The molecule has 1 heterocycles. The summed E-state index contributed by atoms with van der Waals surface area (Å²) in [6, 6.07) is 11.5. The van der Waals surface area contributed by atoms with Crippen LogP contribution in [0, 0.1) is 6.92 Å². The van der Waals surface area contributed by atoms with Crippen LogP contribution in [0.15, 0.2) is 64.7 Å². The summed E-state index contributed by atoms with van der Waals surface area (Å²) in [5, 5.41) is 2.74. The smallest absolute Gasteiger partial charge is 0.211 e. The Balaban J connectivity index is 2.38. The molecule has 0 fully saturated rings. The number of carbonyl (C=O) groups excluding carboxylic acids is 1. The molecule has 22 heavy (non-hydrogen) atoms. The largest absolute Gasteiger partial charge is 0.345 e. The third-order valence-corrected chi connectivity index (χ3v) is 4.86. The predicted octanol–water partition coefficient (Wildman–Crippen LogP) is 2.71. The summed E-state index contributed by atoms with van der Waals surface area (Å²) in [6.45, 7) is 3.08. The fourth-order valence-electron chi connectivity index (χ4n) is 1.80. The fourth-order valence-corrected chi connectivity index (χ4v) is 3.14. The Morgan fingerprint density at radius 2 is 1.82 bits per heavy atom. The molecule has 0 saturated heterocycles. The van der Waals surface area contributed by atoms with Gasteiger partial charge in [-0.1, -0.05) is 23.8 Å². The van der Waals surface area contributed by atoms with Crippen LogP contribution in [0.3, 0.4) is 0 Å². The van der Waals surface area contributed by atoms with E-state index in [0.717, 1.165) is 5.56 Å². The molecule has 0 aliphatic rings. The first kappa shape index (κ1) is 15.9. The summed E-state index contributed by atoms with van der Waals surface area (Å²) in [6.07, 6.45) is 2.75. The fraction of sp³-hybridized carbons (Fsp3) is 0.125. The zero-order valence-corrected chi connectivity index (χ0v) is 13.1. The zero-order valence-electron chi connectivity index (χ0n) is 12.3. The average Bonchev–Trinajstić information content (AvgIpc) is 2.48. The van der Waals surface area contributed by atoms with Crippen LogP contribution in [-0.4, -0.2) is 19.2 Å². The molecule has 0 bridgehead atoms. The van der Waals surface area contributed by atoms with Crippen molar-refractivity contribution in [2.24, 2.45) is 0 Å². The highest BCUT2D eigenvalue weighted by atomic mass is 32.2. The van der Waals surface area contributed by atoms with Crippen molar-refractivity contribution >= 4 is 21.4 Å². The number of pyridine rings is 1. The quantitative estimate of drug-likeness (QED) is 0.858. The molecule has 1 aromatic carbocycles. The van der Waals surface area contributed by atoms with E-state index in [1.54, 1.807) is 36.5 Å². The van der Waals surface area contributed by atoms with Gasteiger partial charge in [0, 0.05) is 12.4 Å². The van der Waals surface area contributed by atoms with Crippen molar-refractivity contribution in [2.45, 2.75) is 18.7 Å². The lowest BCUT2D eigenvalue weighted by molar-refractivity contribution is -0.113. The highest BCUT2D eigenvalue weighted by molar-refractivity contribution is 7.96. The third kappa shape index (κ3) is 3.59. The second-order valence-corrected chi connectivity index (χ2v) is 6.66. The van der Waals surface area contributed by atoms with E-state index in [1.807, 2.05) is 6.92 Å². The normalized spacial score (nSPS) is 12.0. The molecule has 0 radical (unpaired) electrons. The lowest BCUT2D eigenvalue weighted by atomic mass is 10.2. The number of nitrogens with zero attached hydrogens (tertiary/aromatic N) is 1. The third-order valence-electron chi connectivity index (χ3n) is 2.98. The van der Waals surface area contributed by atoms with Gasteiger partial charge in [-0.3, -0.25) is 4.79 Å². The summed E-state index contributed by atoms with van der Waals surface area (Å²) in [5.74, 6) is -0.0793. The number of hydrogen-bond acceptors (Lipinski definition) is 5. The van der Waals surface area contributed by atoms with Crippen molar-refractivity contribution < 1.29 is 13.2 Å². The zero-order chi connectivity index (χ0) is 16.2. The molecule has 0 aliphatic heterocycles. The van der Waals surface area contributed by atoms with Gasteiger partial charge in [-0.2, -0.15) is 0 Å². The van der Waals surface area contributed by atoms with Gasteiger partial charge in [0.05, 0.1) is 4.90 Å². The van der Waals surface area contributed by atoms with Crippen LogP contribution in [0.4, 0.5) is 5.82 Å². The van der Waals surface area contributed by atoms with Gasteiger partial charge in [0.15, 0.2) is 5.78 Å². The van der Waals surface area contributed by atoms with Gasteiger partial charge in [-0.15, -0.1) is 0 Å². The Hall–Kier alpha value is -2.47. The SMILES string of the molecule is CC(=O)C(=CNc1ccccn1)S(=O)(=O)c1ccc(C)cc1. The molecular formula is C16H16N2O3S. The minimum Gasteiger partial charge on any atom is -0.345 e. The molecular weight excluding hydrogens is 300 g/mol. The number of allylic oxidation sites excluding steroid dienone is 1. The van der Waals surface area contributed by atoms with Crippen molar-refractivity contribution in [3.8, 4) is 0 Å². The number of aromatic nitrogens is 1. The molecule has 0 aliphatic carbocycles. The van der Waals surface area contributed by atoms with Gasteiger partial charge in [-0.25, -0.2) is 13.4 Å². The summed E-state index contributed by atoms with van der Waals surface area (Å²) in [4.78, 5) is 15.5. The van der Waals surface area contributed by atoms with Crippen LogP contribution >= 0.6 is 0 Å². The molecule has 0 amide bonds. The minimum atomic E-state index is -3.87. The minimum absolute atomic E-state index is 0.0855. The monoisotopic (exact) mass is 316 g/mol. The Bertz CT molecular complexity index is 795. The second kappa shape index (κ2) is 6.53. The molecule has 2 rings (SSSR count). The lowest BCUT2D eigenvalue weighted by Crippen LogP contribution is -2.13. The Morgan fingerprint density at radius 3 is 2.36 bits per heavy atom. The van der Waals surface area contributed by atoms with Crippen LogP contribution in [0.25, 0.3) is 0 Å². The van der Waals surface area contributed by atoms with E-state index in [9.17, 15) is 13.2 Å². The number of Topliss-reactive ketones (excluding diaryl/α,β-unsaturated/α-hetero) is 1. The number of nitrogens with one attached hydrogen (secondary N) is 1. The van der Waals surface area contributed by atoms with E-state index in [1.165, 1.54) is 25.3 Å². The molecule has 0 unspecified atom stereocenters. The maximum Gasteiger partial charge on any atom is 0.211 e. The lowest BCUT2D eigenvalue weighted by Gasteiger charge is -2.08. The van der Waals surface area contributed by atoms with Crippen LogP contribution in [0.1, 0.15) is 12.5 Å². The highest BCUT2D eigenvalue weighted by Crippen LogP contribution is 2.20. The first-order chi connectivity index (χ1) is 10.4. The number of anilines is 1. The van der Waals surface area contributed by atoms with Gasteiger partial charge < -0.3 is 5.32 Å². The van der Waals surface area contributed by atoms with Crippen molar-refractivity contribution in [1.29, 1.82) is 0 Å². The molecule has 6 heteroatoms. The second-order valence-electron chi connectivity index (χ2n) is 4.74. The van der Waals surface area contributed by atoms with Gasteiger partial charge in [-0.05, 0) is 38.1 Å². The predicted molar refractivity (Wildman–Crippen MR) is 85.0 cm³/mol. The molecule has 0 saturated carbocycles. The first-order valence-corrected chi connectivity index (χ1v) is 8.10. The van der Waals surface area contributed by atoms with E-state index in [2.05, 4.69) is 10.3 Å². The van der Waals surface area contributed by atoms with Crippen molar-refractivity contribution in [2.75, 3.05) is 5.32 Å². The number of aryl methyl sites for hydroxylation is 1.